The molecule has 0 aliphatic carbocycles. The number of hydrogen-bond donors (Lipinski definition) is 1. The van der Waals surface area contributed by atoms with Gasteiger partial charge in [-0.2, -0.15) is 5.10 Å². The van der Waals surface area contributed by atoms with E-state index in [1.165, 1.54) is 7.11 Å². The molecular weight excluding hydrogens is 350 g/mol. The molecule has 3 aromatic rings. The number of ether oxygens (including phenoxy) is 1. The summed E-state index contributed by atoms with van der Waals surface area (Å²) in [6.45, 7) is 3.94. The van der Waals surface area contributed by atoms with E-state index in [4.69, 9.17) is 4.74 Å². The SMILES string of the molecule is COc1cc(C)c(C)cc1S(=O)(=O)NCc1ccccc1-n1cccn1. The van der Waals surface area contributed by atoms with Crippen LogP contribution >= 0.6 is 0 Å². The highest BCUT2D eigenvalue weighted by Crippen LogP contribution is 2.27. The summed E-state index contributed by atoms with van der Waals surface area (Å²) in [5, 5.41) is 4.22. The van der Waals surface area contributed by atoms with Crippen LogP contribution in [0.1, 0.15) is 16.7 Å². The predicted molar refractivity (Wildman–Crippen MR) is 100 cm³/mol. The second-order valence-corrected chi connectivity index (χ2v) is 7.73. The highest BCUT2D eigenvalue weighted by Gasteiger charge is 2.21. The fourth-order valence-corrected chi connectivity index (χ4v) is 3.92. The summed E-state index contributed by atoms with van der Waals surface area (Å²) < 4.78 is 35.3. The molecular formula is C19H21N3O3S. The van der Waals surface area contributed by atoms with Crippen LogP contribution in [-0.4, -0.2) is 25.3 Å². The summed E-state index contributed by atoms with van der Waals surface area (Å²) in [5.41, 5.74) is 3.52. The molecule has 0 radical (unpaired) electrons. The minimum absolute atomic E-state index is 0.139. The second-order valence-electron chi connectivity index (χ2n) is 5.99. The molecule has 0 fully saturated rings. The largest absolute Gasteiger partial charge is 0.495 e. The van der Waals surface area contributed by atoms with Crippen LogP contribution in [-0.2, 0) is 16.6 Å². The second kappa shape index (κ2) is 7.31. The lowest BCUT2D eigenvalue weighted by Gasteiger charge is -2.14. The Morgan fingerprint density at radius 1 is 1.12 bits per heavy atom. The molecule has 6 nitrogen and oxygen atoms in total. The number of sulfonamides is 1. The molecule has 136 valence electrons. The van der Waals surface area contributed by atoms with Gasteiger partial charge >= 0.3 is 0 Å². The summed E-state index contributed by atoms with van der Waals surface area (Å²) >= 11 is 0. The molecule has 26 heavy (non-hydrogen) atoms. The number of methoxy groups -OCH3 is 1. The first kappa shape index (κ1) is 18.2. The van der Waals surface area contributed by atoms with Gasteiger partial charge in [-0.3, -0.25) is 0 Å². The molecule has 3 rings (SSSR count). The predicted octanol–water partition coefficient (Wildman–Crippen LogP) is 2.98. The molecule has 0 bridgehead atoms. The number of nitrogens with one attached hydrogen (secondary N) is 1. The maximum absolute atomic E-state index is 12.8. The lowest BCUT2D eigenvalue weighted by atomic mass is 10.1. The highest BCUT2D eigenvalue weighted by molar-refractivity contribution is 7.89. The smallest absolute Gasteiger partial charge is 0.244 e. The van der Waals surface area contributed by atoms with E-state index in [2.05, 4.69) is 9.82 Å². The molecule has 0 aliphatic rings. The van der Waals surface area contributed by atoms with Crippen LogP contribution in [0.5, 0.6) is 5.75 Å². The maximum Gasteiger partial charge on any atom is 0.244 e. The number of aryl methyl sites for hydroxylation is 2. The topological polar surface area (TPSA) is 73.2 Å². The van der Waals surface area contributed by atoms with E-state index in [1.54, 1.807) is 23.0 Å². The van der Waals surface area contributed by atoms with Gasteiger partial charge in [-0.1, -0.05) is 18.2 Å². The normalized spacial score (nSPS) is 11.5. The van der Waals surface area contributed by atoms with Gasteiger partial charge in [0.2, 0.25) is 10.0 Å². The standard InChI is InChI=1S/C19H21N3O3S/c1-14-11-18(25-3)19(12-15(14)2)26(23,24)21-13-16-7-4-5-8-17(16)22-10-6-9-20-22/h4-12,21H,13H2,1-3H3. The van der Waals surface area contributed by atoms with Gasteiger partial charge in [-0.25, -0.2) is 17.8 Å². The number of benzene rings is 2. The minimum atomic E-state index is -3.73. The minimum Gasteiger partial charge on any atom is -0.495 e. The van der Waals surface area contributed by atoms with Crippen molar-refractivity contribution in [2.45, 2.75) is 25.3 Å². The maximum atomic E-state index is 12.8. The van der Waals surface area contributed by atoms with Gasteiger partial charge in [0, 0.05) is 18.9 Å². The summed E-state index contributed by atoms with van der Waals surface area (Å²) in [6, 6.07) is 12.7. The number of para-hydroxylation sites is 1. The van der Waals surface area contributed by atoms with Crippen molar-refractivity contribution in [3.63, 3.8) is 0 Å². The average Bonchev–Trinajstić information content (AvgIpc) is 3.16. The molecule has 0 unspecified atom stereocenters. The van der Waals surface area contributed by atoms with E-state index in [9.17, 15) is 8.42 Å². The molecule has 1 heterocycles. The van der Waals surface area contributed by atoms with Crippen LogP contribution < -0.4 is 9.46 Å². The van der Waals surface area contributed by atoms with E-state index in [0.717, 1.165) is 22.4 Å². The first-order valence-corrected chi connectivity index (χ1v) is 9.63. The Morgan fingerprint density at radius 2 is 1.85 bits per heavy atom. The van der Waals surface area contributed by atoms with Crippen molar-refractivity contribution in [1.82, 2.24) is 14.5 Å². The van der Waals surface area contributed by atoms with Crippen molar-refractivity contribution in [1.29, 1.82) is 0 Å². The monoisotopic (exact) mass is 371 g/mol. The molecule has 1 aromatic heterocycles. The number of hydrogen-bond acceptors (Lipinski definition) is 4. The van der Waals surface area contributed by atoms with E-state index in [1.807, 2.05) is 50.4 Å². The zero-order chi connectivity index (χ0) is 18.7. The van der Waals surface area contributed by atoms with Gasteiger partial charge in [-0.15, -0.1) is 0 Å². The van der Waals surface area contributed by atoms with Crippen molar-refractivity contribution in [2.24, 2.45) is 0 Å². The fraction of sp³-hybridized carbons (Fsp3) is 0.211. The molecule has 0 saturated carbocycles. The van der Waals surface area contributed by atoms with Gasteiger partial charge < -0.3 is 4.74 Å². The Balaban J connectivity index is 1.90. The van der Waals surface area contributed by atoms with Crippen molar-refractivity contribution in [3.05, 3.63) is 71.5 Å². The zero-order valence-electron chi connectivity index (χ0n) is 14.9. The number of nitrogens with zero attached hydrogens (tertiary/aromatic N) is 2. The summed E-state index contributed by atoms with van der Waals surface area (Å²) in [4.78, 5) is 0.139. The Hall–Kier alpha value is -2.64. The number of rotatable bonds is 6. The quantitative estimate of drug-likeness (QED) is 0.723. The first-order valence-electron chi connectivity index (χ1n) is 8.15. The van der Waals surface area contributed by atoms with Crippen molar-refractivity contribution < 1.29 is 13.2 Å². The van der Waals surface area contributed by atoms with Gasteiger partial charge in [0.15, 0.2) is 0 Å². The van der Waals surface area contributed by atoms with Crippen LogP contribution in [0.2, 0.25) is 0 Å². The lowest BCUT2D eigenvalue weighted by molar-refractivity contribution is 0.401. The third-order valence-electron chi connectivity index (χ3n) is 4.26. The molecule has 7 heteroatoms. The lowest BCUT2D eigenvalue weighted by Crippen LogP contribution is -2.24. The molecule has 0 saturated heterocycles. The van der Waals surface area contributed by atoms with Crippen LogP contribution in [0, 0.1) is 13.8 Å². The van der Waals surface area contributed by atoms with E-state index < -0.39 is 10.0 Å². The van der Waals surface area contributed by atoms with Gasteiger partial charge in [-0.05, 0) is 54.8 Å². The Bertz CT molecular complexity index is 1010. The Labute approximate surface area is 153 Å². The van der Waals surface area contributed by atoms with Crippen LogP contribution in [0.25, 0.3) is 5.69 Å². The highest BCUT2D eigenvalue weighted by atomic mass is 32.2. The zero-order valence-corrected chi connectivity index (χ0v) is 15.7. The third kappa shape index (κ3) is 3.63. The van der Waals surface area contributed by atoms with E-state index >= 15 is 0 Å². The molecule has 1 N–H and O–H groups in total. The van der Waals surface area contributed by atoms with Crippen LogP contribution in [0.3, 0.4) is 0 Å². The van der Waals surface area contributed by atoms with Crippen LogP contribution in [0.4, 0.5) is 0 Å². The van der Waals surface area contributed by atoms with E-state index in [-0.39, 0.29) is 11.4 Å². The van der Waals surface area contributed by atoms with Crippen molar-refractivity contribution in [2.75, 3.05) is 7.11 Å². The molecule has 2 aromatic carbocycles. The third-order valence-corrected chi connectivity index (χ3v) is 5.69. The molecule has 0 atom stereocenters. The molecule has 0 spiro atoms. The molecule has 0 aliphatic heterocycles. The van der Waals surface area contributed by atoms with Gasteiger partial charge in [0.1, 0.15) is 10.6 Å². The van der Waals surface area contributed by atoms with Crippen molar-refractivity contribution >= 4 is 10.0 Å². The first-order chi connectivity index (χ1) is 12.4. The van der Waals surface area contributed by atoms with E-state index in [0.29, 0.717) is 5.75 Å². The summed E-state index contributed by atoms with van der Waals surface area (Å²) in [5.74, 6) is 0.334. The van der Waals surface area contributed by atoms with Crippen molar-refractivity contribution in [3.8, 4) is 11.4 Å². The fourth-order valence-electron chi connectivity index (χ4n) is 2.68. The Morgan fingerprint density at radius 3 is 2.54 bits per heavy atom. The summed E-state index contributed by atoms with van der Waals surface area (Å²) in [6.07, 6.45) is 3.50. The van der Waals surface area contributed by atoms with Crippen LogP contribution in [0.15, 0.2) is 59.8 Å². The number of aromatic nitrogens is 2. The van der Waals surface area contributed by atoms with Gasteiger partial charge in [0.05, 0.1) is 12.8 Å². The molecule has 0 amide bonds. The summed E-state index contributed by atoms with van der Waals surface area (Å²) in [7, 11) is -2.26. The van der Waals surface area contributed by atoms with Gasteiger partial charge in [0.25, 0.3) is 0 Å². The Kier molecular flexibility index (Phi) is 5.11. The average molecular weight is 371 g/mol.